The van der Waals surface area contributed by atoms with Crippen LogP contribution < -0.4 is 15.6 Å². The molecule has 0 atom stereocenters. The van der Waals surface area contributed by atoms with E-state index in [0.717, 1.165) is 35.9 Å². The van der Waals surface area contributed by atoms with Crippen molar-refractivity contribution < 1.29 is 15.3 Å². The lowest BCUT2D eigenvalue weighted by Gasteiger charge is -2.31. The second kappa shape index (κ2) is 8.02. The molecule has 3 aliphatic rings. The molecule has 0 amide bonds. The zero-order valence-corrected chi connectivity index (χ0v) is 16.4. The lowest BCUT2D eigenvalue weighted by atomic mass is 10.1. The van der Waals surface area contributed by atoms with Crippen LogP contribution in [0.15, 0.2) is 65.1 Å². The highest BCUT2D eigenvalue weighted by molar-refractivity contribution is 6.30. The molecule has 0 unspecified atom stereocenters. The summed E-state index contributed by atoms with van der Waals surface area (Å²) in [6, 6.07) is 15.0. The van der Waals surface area contributed by atoms with Gasteiger partial charge in [-0.2, -0.15) is 0 Å². The summed E-state index contributed by atoms with van der Waals surface area (Å²) in [5, 5.41) is 15.0. The predicted molar refractivity (Wildman–Crippen MR) is 113 cm³/mol. The fourth-order valence-electron chi connectivity index (χ4n) is 3.57. The molecule has 9 heteroatoms. The molecule has 1 fully saturated rings. The first-order valence-corrected chi connectivity index (χ1v) is 9.56. The Morgan fingerprint density at radius 1 is 1.00 bits per heavy atom. The number of aliphatic imine (C=N–C) groups is 1. The van der Waals surface area contributed by atoms with Gasteiger partial charge in [-0.1, -0.05) is 23.7 Å². The Morgan fingerprint density at radius 2 is 1.72 bits per heavy atom. The van der Waals surface area contributed by atoms with Crippen molar-refractivity contribution >= 4 is 34.4 Å². The van der Waals surface area contributed by atoms with Gasteiger partial charge in [0, 0.05) is 24.7 Å². The zero-order chi connectivity index (χ0) is 19.1. The highest BCUT2D eigenvalue weighted by atomic mass is 35.5. The Morgan fingerprint density at radius 3 is 2.48 bits per heavy atom. The molecule has 3 aliphatic heterocycles. The molecule has 0 spiro atoms. The number of nitrogens with zero attached hydrogens (tertiary/aromatic N) is 5. The van der Waals surface area contributed by atoms with E-state index >= 15 is 0 Å². The molecule has 5 rings (SSSR count). The smallest absolute Gasteiger partial charge is 0.237 e. The summed E-state index contributed by atoms with van der Waals surface area (Å²) in [7, 11) is 0. The Kier molecular flexibility index (Phi) is 5.44. The van der Waals surface area contributed by atoms with E-state index in [-0.39, 0.29) is 11.4 Å². The van der Waals surface area contributed by atoms with E-state index in [1.54, 1.807) is 17.1 Å². The van der Waals surface area contributed by atoms with Gasteiger partial charge in [0.2, 0.25) is 5.88 Å². The molecule has 8 nitrogen and oxygen atoms in total. The van der Waals surface area contributed by atoms with Gasteiger partial charge in [0.1, 0.15) is 5.70 Å². The summed E-state index contributed by atoms with van der Waals surface area (Å²) < 4.78 is 5.45. The lowest BCUT2D eigenvalue weighted by Crippen LogP contribution is -2.43. The van der Waals surface area contributed by atoms with Crippen LogP contribution >= 0.6 is 11.6 Å². The number of benzene rings is 2. The summed E-state index contributed by atoms with van der Waals surface area (Å²) in [5.41, 5.74) is 8.46. The second-order valence-corrected chi connectivity index (χ2v) is 7.23. The summed E-state index contributed by atoms with van der Waals surface area (Å²) in [6.45, 7) is 3.72. The van der Waals surface area contributed by atoms with Crippen LogP contribution in [0.2, 0.25) is 5.02 Å². The fourth-order valence-corrected chi connectivity index (χ4v) is 3.69. The van der Waals surface area contributed by atoms with Gasteiger partial charge >= 0.3 is 0 Å². The van der Waals surface area contributed by atoms with Crippen LogP contribution in [0.4, 0.5) is 17.1 Å². The number of anilines is 2. The monoisotopic (exact) mass is 414 g/mol. The number of hydrogen-bond donors (Lipinski definition) is 1. The van der Waals surface area contributed by atoms with Crippen LogP contribution in [-0.4, -0.2) is 54.0 Å². The number of ether oxygens (including phenoxy) is 1. The van der Waals surface area contributed by atoms with E-state index in [4.69, 9.17) is 21.3 Å². The molecule has 29 heavy (non-hydrogen) atoms. The third kappa shape index (κ3) is 3.57. The Labute approximate surface area is 173 Å². The average molecular weight is 415 g/mol. The van der Waals surface area contributed by atoms with Gasteiger partial charge in [0.05, 0.1) is 36.0 Å². The first-order chi connectivity index (χ1) is 13.7. The van der Waals surface area contributed by atoms with Gasteiger partial charge in [-0.25, -0.2) is 15.0 Å². The fraction of sp³-hybridized carbons (Fsp3) is 0.250. The van der Waals surface area contributed by atoms with Crippen LogP contribution in [0.5, 0.6) is 0 Å². The van der Waals surface area contributed by atoms with Crippen LogP contribution in [0.1, 0.15) is 0 Å². The standard InChI is InChI=1S/C20H19ClN5O2.H2O/c21-14-5-7-15(8-6-14)25-20(27)19-17(13-24-9-11-28-12-10-24)22-16-3-1-2-4-18(16)26(19)23-25;/h1-8,27H,9-13H2;1H2. The molecular weight excluding hydrogens is 394 g/mol. The molecule has 3 heterocycles. The van der Waals surface area contributed by atoms with Gasteiger partial charge in [0.25, 0.3) is 0 Å². The number of fused-ring (bicyclic) bond motifs is 3. The molecule has 2 aromatic rings. The molecule has 151 valence electrons. The van der Waals surface area contributed by atoms with Crippen molar-refractivity contribution in [3.05, 3.63) is 65.1 Å². The largest absolute Gasteiger partial charge is 0.492 e. The minimum Gasteiger partial charge on any atom is -0.492 e. The van der Waals surface area contributed by atoms with Crippen molar-refractivity contribution in [3.8, 4) is 0 Å². The van der Waals surface area contributed by atoms with Crippen molar-refractivity contribution in [1.82, 2.24) is 10.4 Å². The first kappa shape index (κ1) is 19.7. The van der Waals surface area contributed by atoms with E-state index in [9.17, 15) is 5.11 Å². The van der Waals surface area contributed by atoms with Gasteiger partial charge in [-0.15, -0.1) is 0 Å². The molecule has 0 aromatic heterocycles. The quantitative estimate of drug-likeness (QED) is 0.831. The van der Waals surface area contributed by atoms with E-state index in [0.29, 0.717) is 30.5 Å². The maximum absolute atomic E-state index is 11.0. The van der Waals surface area contributed by atoms with Crippen LogP contribution in [0.25, 0.3) is 0 Å². The normalized spacial score (nSPS) is 18.9. The van der Waals surface area contributed by atoms with Crippen LogP contribution in [0, 0.1) is 0 Å². The van der Waals surface area contributed by atoms with Crippen LogP contribution in [0.3, 0.4) is 0 Å². The van der Waals surface area contributed by atoms with Crippen molar-refractivity contribution in [2.75, 3.05) is 42.9 Å². The number of hydrogen-bond acceptors (Lipinski definition) is 6. The molecule has 1 radical (unpaired) electrons. The van der Waals surface area contributed by atoms with Gasteiger partial charge in [-0.3, -0.25) is 4.90 Å². The Hall–Kier alpha value is -2.62. The Balaban J connectivity index is 0.00000205. The molecule has 0 saturated carbocycles. The minimum absolute atomic E-state index is 0. The average Bonchev–Trinajstić information content (AvgIpc) is 3.07. The van der Waals surface area contributed by atoms with Gasteiger partial charge in [-0.05, 0) is 41.9 Å². The van der Waals surface area contributed by atoms with Gasteiger partial charge < -0.3 is 15.3 Å². The molecule has 1 saturated heterocycles. The van der Waals surface area contributed by atoms with Crippen molar-refractivity contribution in [1.29, 1.82) is 0 Å². The topological polar surface area (TPSA) is 97.1 Å². The van der Waals surface area contributed by atoms with Crippen LogP contribution in [-0.2, 0) is 4.74 Å². The third-order valence-electron chi connectivity index (χ3n) is 4.99. The molecule has 0 bridgehead atoms. The van der Waals surface area contributed by atoms with Gasteiger partial charge in [0.15, 0.2) is 0 Å². The minimum atomic E-state index is 0. The lowest BCUT2D eigenvalue weighted by molar-refractivity contribution is 0.0453. The number of aliphatic hydroxyl groups excluding tert-OH is 1. The SMILES string of the molecule is O.OC1=C2C(CN3CCOCC3)=Nc3ccccc3N2[N]N1c1ccc(Cl)cc1. The Bertz CT molecular complexity index is 957. The van der Waals surface area contributed by atoms with Crippen molar-refractivity contribution in [3.63, 3.8) is 0 Å². The number of morpholine rings is 1. The highest BCUT2D eigenvalue weighted by Gasteiger charge is 2.39. The third-order valence-corrected chi connectivity index (χ3v) is 5.24. The van der Waals surface area contributed by atoms with Crippen molar-refractivity contribution in [2.45, 2.75) is 0 Å². The molecule has 0 aliphatic carbocycles. The van der Waals surface area contributed by atoms with E-state index in [1.807, 2.05) is 36.4 Å². The number of halogens is 1. The number of aliphatic hydroxyl groups is 1. The van der Waals surface area contributed by atoms with Crippen molar-refractivity contribution in [2.24, 2.45) is 4.99 Å². The molecular formula is C20H21ClN5O3. The summed E-state index contributed by atoms with van der Waals surface area (Å²) >= 11 is 6.01. The zero-order valence-electron chi connectivity index (χ0n) is 15.6. The molecule has 3 N–H and O–H groups in total. The molecule has 2 aromatic carbocycles. The summed E-state index contributed by atoms with van der Waals surface area (Å²) in [4.78, 5) is 7.12. The van der Waals surface area contributed by atoms with E-state index in [1.165, 1.54) is 5.01 Å². The highest BCUT2D eigenvalue weighted by Crippen LogP contribution is 2.40. The predicted octanol–water partition coefficient (Wildman–Crippen LogP) is 2.42. The summed E-state index contributed by atoms with van der Waals surface area (Å²) in [5.74, 6) is 0.0591. The number of rotatable bonds is 3. The maximum atomic E-state index is 11.0. The summed E-state index contributed by atoms with van der Waals surface area (Å²) in [6.07, 6.45) is 0. The van der Waals surface area contributed by atoms with E-state index < -0.39 is 0 Å². The maximum Gasteiger partial charge on any atom is 0.237 e. The van der Waals surface area contributed by atoms with E-state index in [2.05, 4.69) is 10.4 Å². The number of para-hydroxylation sites is 2. The first-order valence-electron chi connectivity index (χ1n) is 9.18. The second-order valence-electron chi connectivity index (χ2n) is 6.80.